The van der Waals surface area contributed by atoms with Gasteiger partial charge in [0.15, 0.2) is 0 Å². The maximum atomic E-state index is 12.6. The van der Waals surface area contributed by atoms with Crippen LogP contribution < -0.4 is 15.5 Å². The molecular weight excluding hydrogens is 330 g/mol. The van der Waals surface area contributed by atoms with Gasteiger partial charge in [0.25, 0.3) is 5.91 Å². The van der Waals surface area contributed by atoms with Crippen LogP contribution >= 0.6 is 0 Å². The summed E-state index contributed by atoms with van der Waals surface area (Å²) in [5.74, 6) is -0.150. The van der Waals surface area contributed by atoms with Crippen molar-refractivity contribution in [2.24, 2.45) is 0 Å². The fourth-order valence-corrected chi connectivity index (χ4v) is 2.58. The molecule has 0 unspecified atom stereocenters. The van der Waals surface area contributed by atoms with E-state index in [1.54, 1.807) is 31.2 Å². The normalized spacial score (nSPS) is 11.7. The van der Waals surface area contributed by atoms with E-state index in [4.69, 9.17) is 4.74 Å². The van der Waals surface area contributed by atoms with Gasteiger partial charge in [-0.15, -0.1) is 0 Å². The number of carbonyl (C=O) groups excluding carboxylic acids is 2. The minimum Gasteiger partial charge on any atom is -0.450 e. The number of benzene rings is 2. The molecular formula is C20H26N3O3+. The maximum Gasteiger partial charge on any atom is 0.411 e. The summed E-state index contributed by atoms with van der Waals surface area (Å²) in [5.41, 5.74) is 2.19. The van der Waals surface area contributed by atoms with Crippen LogP contribution in [0.4, 0.5) is 10.5 Å². The molecule has 0 aliphatic carbocycles. The lowest BCUT2D eigenvalue weighted by atomic mass is 10.1. The van der Waals surface area contributed by atoms with E-state index in [0.717, 1.165) is 12.1 Å². The van der Waals surface area contributed by atoms with Crippen molar-refractivity contribution < 1.29 is 19.2 Å². The third-order valence-corrected chi connectivity index (χ3v) is 3.79. The van der Waals surface area contributed by atoms with E-state index < -0.39 is 6.09 Å². The Labute approximate surface area is 154 Å². The van der Waals surface area contributed by atoms with Crippen molar-refractivity contribution in [1.29, 1.82) is 0 Å². The van der Waals surface area contributed by atoms with Crippen LogP contribution in [0, 0.1) is 0 Å². The Morgan fingerprint density at radius 1 is 1.04 bits per heavy atom. The monoisotopic (exact) mass is 356 g/mol. The highest BCUT2D eigenvalue weighted by Crippen LogP contribution is 2.14. The predicted octanol–water partition coefficient (Wildman–Crippen LogP) is 1.87. The quantitative estimate of drug-likeness (QED) is 0.709. The van der Waals surface area contributed by atoms with Gasteiger partial charge >= 0.3 is 6.09 Å². The van der Waals surface area contributed by atoms with E-state index in [9.17, 15) is 9.59 Å². The van der Waals surface area contributed by atoms with Crippen LogP contribution in [0.2, 0.25) is 0 Å². The van der Waals surface area contributed by atoms with Crippen LogP contribution in [-0.2, 0) is 4.74 Å². The predicted molar refractivity (Wildman–Crippen MR) is 101 cm³/mol. The number of anilines is 1. The molecule has 26 heavy (non-hydrogen) atoms. The molecule has 0 heterocycles. The summed E-state index contributed by atoms with van der Waals surface area (Å²) in [7, 11) is 4.11. The molecule has 0 spiro atoms. The minimum atomic E-state index is -0.511. The molecule has 0 saturated heterocycles. The maximum absolute atomic E-state index is 12.6. The molecule has 2 rings (SSSR count). The Balaban J connectivity index is 2.05. The van der Waals surface area contributed by atoms with E-state index in [1.165, 1.54) is 4.90 Å². The Hall–Kier alpha value is -2.86. The molecule has 2 aromatic carbocycles. The average molecular weight is 356 g/mol. The Bertz CT molecular complexity index is 715. The van der Waals surface area contributed by atoms with Crippen molar-refractivity contribution in [2.75, 3.05) is 32.6 Å². The van der Waals surface area contributed by atoms with Crippen molar-refractivity contribution in [3.8, 4) is 0 Å². The molecule has 1 atom stereocenters. The molecule has 2 amide bonds. The first-order valence-electron chi connectivity index (χ1n) is 8.68. The zero-order valence-corrected chi connectivity index (χ0v) is 15.4. The molecule has 0 aliphatic rings. The smallest absolute Gasteiger partial charge is 0.411 e. The molecule has 0 radical (unpaired) electrons. The van der Waals surface area contributed by atoms with E-state index in [2.05, 4.69) is 24.7 Å². The molecule has 0 aromatic heterocycles. The fraction of sp³-hybridized carbons (Fsp3) is 0.300. The zero-order chi connectivity index (χ0) is 18.9. The number of hydrogen-bond donors (Lipinski definition) is 3. The van der Waals surface area contributed by atoms with Gasteiger partial charge in [-0.05, 0) is 36.8 Å². The zero-order valence-electron chi connectivity index (χ0n) is 15.4. The van der Waals surface area contributed by atoms with Crippen LogP contribution in [0.3, 0.4) is 0 Å². The molecule has 6 nitrogen and oxygen atoms in total. The van der Waals surface area contributed by atoms with Gasteiger partial charge in [-0.25, -0.2) is 4.79 Å². The van der Waals surface area contributed by atoms with E-state index in [-0.39, 0.29) is 11.9 Å². The van der Waals surface area contributed by atoms with Gasteiger partial charge in [0, 0.05) is 11.3 Å². The second-order valence-corrected chi connectivity index (χ2v) is 6.27. The largest absolute Gasteiger partial charge is 0.450 e. The van der Waals surface area contributed by atoms with Crippen LogP contribution in [0.15, 0.2) is 54.6 Å². The third kappa shape index (κ3) is 5.89. The van der Waals surface area contributed by atoms with Crippen molar-refractivity contribution in [1.82, 2.24) is 5.32 Å². The van der Waals surface area contributed by atoms with Crippen molar-refractivity contribution >= 4 is 17.7 Å². The van der Waals surface area contributed by atoms with Gasteiger partial charge in [0.1, 0.15) is 12.6 Å². The lowest BCUT2D eigenvalue weighted by Gasteiger charge is -2.21. The van der Waals surface area contributed by atoms with Gasteiger partial charge in [-0.2, -0.15) is 0 Å². The lowest BCUT2D eigenvalue weighted by Crippen LogP contribution is -3.06. The summed E-state index contributed by atoms with van der Waals surface area (Å²) in [6.07, 6.45) is -0.511. The fourth-order valence-electron chi connectivity index (χ4n) is 2.58. The summed E-state index contributed by atoms with van der Waals surface area (Å²) in [4.78, 5) is 25.3. The van der Waals surface area contributed by atoms with Crippen LogP contribution in [-0.4, -0.2) is 39.2 Å². The van der Waals surface area contributed by atoms with E-state index in [1.807, 2.05) is 30.3 Å². The average Bonchev–Trinajstić information content (AvgIpc) is 2.62. The summed E-state index contributed by atoms with van der Waals surface area (Å²) in [5, 5.41) is 5.70. The minimum absolute atomic E-state index is 0.0777. The number of amides is 2. The Kier molecular flexibility index (Phi) is 7.17. The van der Waals surface area contributed by atoms with Gasteiger partial charge in [0.2, 0.25) is 0 Å². The molecule has 0 aliphatic heterocycles. The number of hydrogen-bond acceptors (Lipinski definition) is 3. The molecule has 0 bridgehead atoms. The highest BCUT2D eigenvalue weighted by atomic mass is 16.5. The summed E-state index contributed by atoms with van der Waals surface area (Å²) in [6, 6.07) is 16.6. The van der Waals surface area contributed by atoms with Gasteiger partial charge < -0.3 is 15.0 Å². The van der Waals surface area contributed by atoms with Crippen LogP contribution in [0.5, 0.6) is 0 Å². The standard InChI is InChI=1S/C20H25N3O3/c1-4-26-20(25)21-17-12-10-16(11-13-17)19(24)22-18(14-23(2)3)15-8-6-5-7-9-15/h5-13,18H,4,14H2,1-3H3,(H,21,25)(H,22,24)/p+1/t18-/m0/s1. The van der Waals surface area contributed by atoms with Crippen LogP contribution in [0.25, 0.3) is 0 Å². The summed E-state index contributed by atoms with van der Waals surface area (Å²) < 4.78 is 4.83. The lowest BCUT2D eigenvalue weighted by molar-refractivity contribution is -0.860. The second-order valence-electron chi connectivity index (χ2n) is 6.27. The first kappa shape index (κ1) is 19.5. The van der Waals surface area contributed by atoms with Crippen molar-refractivity contribution in [2.45, 2.75) is 13.0 Å². The van der Waals surface area contributed by atoms with Crippen LogP contribution in [0.1, 0.15) is 28.9 Å². The number of carbonyl (C=O) groups is 2. The summed E-state index contributed by atoms with van der Waals surface area (Å²) in [6.45, 7) is 2.82. The molecule has 0 saturated carbocycles. The Morgan fingerprint density at radius 2 is 1.69 bits per heavy atom. The van der Waals surface area contributed by atoms with Crippen molar-refractivity contribution in [3.63, 3.8) is 0 Å². The number of ether oxygens (including phenoxy) is 1. The first-order chi connectivity index (χ1) is 12.5. The molecule has 6 heteroatoms. The van der Waals surface area contributed by atoms with E-state index >= 15 is 0 Å². The molecule has 2 aromatic rings. The molecule has 138 valence electrons. The van der Waals surface area contributed by atoms with Gasteiger partial charge in [-0.1, -0.05) is 30.3 Å². The van der Waals surface area contributed by atoms with Gasteiger partial charge in [0.05, 0.1) is 20.7 Å². The summed E-state index contributed by atoms with van der Waals surface area (Å²) >= 11 is 0. The number of rotatable bonds is 7. The second kappa shape index (κ2) is 9.58. The number of quaternary nitrogens is 1. The molecule has 0 fully saturated rings. The molecule has 3 N–H and O–H groups in total. The van der Waals surface area contributed by atoms with Gasteiger partial charge in [-0.3, -0.25) is 10.1 Å². The topological polar surface area (TPSA) is 71.9 Å². The highest BCUT2D eigenvalue weighted by molar-refractivity contribution is 5.95. The Morgan fingerprint density at radius 3 is 2.27 bits per heavy atom. The highest BCUT2D eigenvalue weighted by Gasteiger charge is 2.18. The van der Waals surface area contributed by atoms with Crippen molar-refractivity contribution in [3.05, 3.63) is 65.7 Å². The number of nitrogens with one attached hydrogen (secondary N) is 3. The van der Waals surface area contributed by atoms with E-state index in [0.29, 0.717) is 17.9 Å². The number of likely N-dealkylation sites (N-methyl/N-ethyl adjacent to an activating group) is 1. The first-order valence-corrected chi connectivity index (χ1v) is 8.68. The SMILES string of the molecule is CCOC(=O)Nc1ccc(C(=O)N[C@@H](C[NH+](C)C)c2ccccc2)cc1. The third-order valence-electron chi connectivity index (χ3n) is 3.79.